The summed E-state index contributed by atoms with van der Waals surface area (Å²) in [5.74, 6) is 0.123. The van der Waals surface area contributed by atoms with Gasteiger partial charge in [-0.05, 0) is 43.2 Å². The Morgan fingerprint density at radius 1 is 1.10 bits per heavy atom. The van der Waals surface area contributed by atoms with Crippen LogP contribution in [-0.4, -0.2) is 11.3 Å². The minimum atomic E-state index is -4.69. The summed E-state index contributed by atoms with van der Waals surface area (Å²) in [7, 11) is 0. The Kier molecular flexibility index (Phi) is 3.59. The molecule has 0 unspecified atom stereocenters. The Morgan fingerprint density at radius 3 is 2.38 bits per heavy atom. The van der Waals surface area contributed by atoms with Crippen LogP contribution in [0.15, 0.2) is 35.2 Å². The molecule has 0 aliphatic heterocycles. The van der Waals surface area contributed by atoms with E-state index in [2.05, 4.69) is 9.72 Å². The van der Waals surface area contributed by atoms with Crippen LogP contribution < -0.4 is 9.47 Å². The number of thiazole rings is 1. The lowest BCUT2D eigenvalue weighted by molar-refractivity contribution is -0.274. The number of hydrogen-bond donors (Lipinski definition) is 0. The standard InChI is InChI=1S/C14H10F3NO2S/c15-14(16,17)20-12-5-3-11(4-6-12)19-13-18-10(8-21-13)7-9-1-2-9/h3-8H,1-2H2. The summed E-state index contributed by atoms with van der Waals surface area (Å²) in [6.07, 6.45) is -0.435. The smallest absolute Gasteiger partial charge is 0.431 e. The topological polar surface area (TPSA) is 31.4 Å². The molecule has 1 aromatic heterocycles. The fourth-order valence-corrected chi connectivity index (χ4v) is 2.26. The lowest BCUT2D eigenvalue weighted by Crippen LogP contribution is -2.16. The molecule has 1 aliphatic carbocycles. The first-order valence-electron chi connectivity index (χ1n) is 6.16. The van der Waals surface area contributed by atoms with Gasteiger partial charge < -0.3 is 9.47 Å². The Balaban J connectivity index is 1.64. The summed E-state index contributed by atoms with van der Waals surface area (Å²) in [4.78, 5) is 4.28. The molecule has 1 aliphatic rings. The molecule has 1 fully saturated rings. The molecule has 110 valence electrons. The first-order valence-corrected chi connectivity index (χ1v) is 7.04. The van der Waals surface area contributed by atoms with Gasteiger partial charge in [-0.2, -0.15) is 0 Å². The normalized spacial score (nSPS) is 14.0. The van der Waals surface area contributed by atoms with E-state index in [9.17, 15) is 13.2 Å². The number of halogens is 3. The highest BCUT2D eigenvalue weighted by Gasteiger charge is 2.30. The third-order valence-electron chi connectivity index (χ3n) is 2.65. The predicted octanol–water partition coefficient (Wildman–Crippen LogP) is 5.01. The van der Waals surface area contributed by atoms with Gasteiger partial charge in [0.25, 0.3) is 5.19 Å². The van der Waals surface area contributed by atoms with Gasteiger partial charge in [-0.3, -0.25) is 0 Å². The number of allylic oxidation sites excluding steroid dienone is 1. The van der Waals surface area contributed by atoms with Crippen LogP contribution in [-0.2, 0) is 0 Å². The first kappa shape index (κ1) is 13.9. The van der Waals surface area contributed by atoms with E-state index in [-0.39, 0.29) is 5.75 Å². The summed E-state index contributed by atoms with van der Waals surface area (Å²) >= 11 is 1.34. The van der Waals surface area contributed by atoms with Crippen molar-refractivity contribution < 1.29 is 22.6 Å². The molecule has 0 bridgehead atoms. The minimum Gasteiger partial charge on any atom is -0.431 e. The summed E-state index contributed by atoms with van der Waals surface area (Å²) in [5.41, 5.74) is 2.21. The maximum absolute atomic E-state index is 12.0. The molecule has 1 saturated carbocycles. The predicted molar refractivity (Wildman–Crippen MR) is 72.5 cm³/mol. The molecule has 0 atom stereocenters. The van der Waals surface area contributed by atoms with Crippen LogP contribution in [0.2, 0.25) is 0 Å². The zero-order chi connectivity index (χ0) is 14.9. The number of hydrogen-bond acceptors (Lipinski definition) is 4. The van der Waals surface area contributed by atoms with Crippen molar-refractivity contribution in [1.82, 2.24) is 4.98 Å². The van der Waals surface area contributed by atoms with Gasteiger partial charge in [0, 0.05) is 5.38 Å². The van der Waals surface area contributed by atoms with E-state index in [1.807, 2.05) is 11.5 Å². The fourth-order valence-electron chi connectivity index (χ4n) is 1.62. The van der Waals surface area contributed by atoms with Crippen molar-refractivity contribution in [3.63, 3.8) is 0 Å². The maximum atomic E-state index is 12.0. The largest absolute Gasteiger partial charge is 0.573 e. The summed E-state index contributed by atoms with van der Waals surface area (Å²) in [6, 6.07) is 5.20. The SMILES string of the molecule is FC(F)(F)Oc1ccc(Oc2nc(C=C3CC3)cs2)cc1. The minimum absolute atomic E-state index is 0.284. The van der Waals surface area contributed by atoms with Gasteiger partial charge in [0.05, 0.1) is 5.69 Å². The maximum Gasteiger partial charge on any atom is 0.573 e. The number of benzene rings is 1. The number of rotatable bonds is 4. The van der Waals surface area contributed by atoms with E-state index in [0.29, 0.717) is 10.9 Å². The third-order valence-corrected chi connectivity index (χ3v) is 3.39. The van der Waals surface area contributed by atoms with Gasteiger partial charge in [-0.25, -0.2) is 4.98 Å². The molecule has 0 spiro atoms. The van der Waals surface area contributed by atoms with Crippen molar-refractivity contribution in [2.45, 2.75) is 19.2 Å². The van der Waals surface area contributed by atoms with Crippen molar-refractivity contribution in [3.8, 4) is 16.7 Å². The van der Waals surface area contributed by atoms with Crippen molar-refractivity contribution in [3.05, 3.63) is 40.9 Å². The first-order chi connectivity index (χ1) is 9.98. The Hall–Kier alpha value is -2.02. The molecule has 1 heterocycles. The second-order valence-corrected chi connectivity index (χ2v) is 5.28. The van der Waals surface area contributed by atoms with E-state index in [1.54, 1.807) is 0 Å². The molecule has 0 N–H and O–H groups in total. The quantitative estimate of drug-likeness (QED) is 0.795. The second-order valence-electron chi connectivity index (χ2n) is 4.46. The van der Waals surface area contributed by atoms with Crippen LogP contribution in [0.1, 0.15) is 18.5 Å². The van der Waals surface area contributed by atoms with E-state index in [0.717, 1.165) is 18.5 Å². The van der Waals surface area contributed by atoms with Crippen molar-refractivity contribution in [2.24, 2.45) is 0 Å². The average Bonchev–Trinajstić information content (AvgIpc) is 3.10. The van der Waals surface area contributed by atoms with Crippen LogP contribution in [0, 0.1) is 0 Å². The number of nitrogens with zero attached hydrogens (tertiary/aromatic N) is 1. The molecule has 3 nitrogen and oxygen atoms in total. The molecular weight excluding hydrogens is 303 g/mol. The van der Waals surface area contributed by atoms with E-state index < -0.39 is 6.36 Å². The summed E-state index contributed by atoms with van der Waals surface area (Å²) in [6.45, 7) is 0. The monoisotopic (exact) mass is 313 g/mol. The molecule has 0 radical (unpaired) electrons. The van der Waals surface area contributed by atoms with Gasteiger partial charge in [-0.15, -0.1) is 13.2 Å². The van der Waals surface area contributed by atoms with Crippen molar-refractivity contribution in [2.75, 3.05) is 0 Å². The van der Waals surface area contributed by atoms with Gasteiger partial charge in [0.1, 0.15) is 11.5 Å². The zero-order valence-electron chi connectivity index (χ0n) is 10.7. The second kappa shape index (κ2) is 5.40. The number of ether oxygens (including phenoxy) is 2. The molecule has 21 heavy (non-hydrogen) atoms. The van der Waals surface area contributed by atoms with Gasteiger partial charge >= 0.3 is 6.36 Å². The van der Waals surface area contributed by atoms with Crippen LogP contribution in [0.3, 0.4) is 0 Å². The molecular formula is C14H10F3NO2S. The average molecular weight is 313 g/mol. The van der Waals surface area contributed by atoms with Crippen molar-refractivity contribution >= 4 is 17.4 Å². The fraction of sp³-hybridized carbons (Fsp3) is 0.214. The molecule has 1 aromatic carbocycles. The molecule has 0 saturated heterocycles. The Morgan fingerprint density at radius 2 is 1.76 bits per heavy atom. The third kappa shape index (κ3) is 4.22. The highest BCUT2D eigenvalue weighted by atomic mass is 32.1. The highest BCUT2D eigenvalue weighted by molar-refractivity contribution is 7.11. The number of alkyl halides is 3. The highest BCUT2D eigenvalue weighted by Crippen LogP contribution is 2.33. The Bertz CT molecular complexity index is 656. The van der Waals surface area contributed by atoms with Gasteiger partial charge in [0.2, 0.25) is 0 Å². The molecule has 3 rings (SSSR count). The Labute approximate surface area is 122 Å². The summed E-state index contributed by atoms with van der Waals surface area (Å²) < 4.78 is 45.4. The van der Waals surface area contributed by atoms with Gasteiger partial charge in [-0.1, -0.05) is 16.9 Å². The lowest BCUT2D eigenvalue weighted by atomic mass is 10.3. The van der Waals surface area contributed by atoms with E-state index >= 15 is 0 Å². The van der Waals surface area contributed by atoms with Crippen LogP contribution >= 0.6 is 11.3 Å². The molecule has 0 amide bonds. The molecule has 2 aromatic rings. The van der Waals surface area contributed by atoms with Crippen LogP contribution in [0.5, 0.6) is 16.7 Å². The number of aromatic nitrogens is 1. The summed E-state index contributed by atoms with van der Waals surface area (Å²) in [5, 5.41) is 2.33. The van der Waals surface area contributed by atoms with Gasteiger partial charge in [0.15, 0.2) is 0 Å². The van der Waals surface area contributed by atoms with E-state index in [4.69, 9.17) is 4.74 Å². The van der Waals surface area contributed by atoms with Crippen molar-refractivity contribution in [1.29, 1.82) is 0 Å². The lowest BCUT2D eigenvalue weighted by Gasteiger charge is -2.09. The van der Waals surface area contributed by atoms with Crippen LogP contribution in [0.25, 0.3) is 6.08 Å². The van der Waals surface area contributed by atoms with Crippen LogP contribution in [0.4, 0.5) is 13.2 Å². The zero-order valence-corrected chi connectivity index (χ0v) is 11.5. The molecule has 7 heteroatoms. The van der Waals surface area contributed by atoms with E-state index in [1.165, 1.54) is 41.2 Å².